The zero-order valence-electron chi connectivity index (χ0n) is 7.98. The Bertz CT molecular complexity index is 271. The van der Waals surface area contributed by atoms with Crippen molar-refractivity contribution in [1.29, 1.82) is 0 Å². The van der Waals surface area contributed by atoms with Gasteiger partial charge in [0.05, 0.1) is 0 Å². The Morgan fingerprint density at radius 1 is 1.23 bits per heavy atom. The topological polar surface area (TPSA) is 29.3 Å². The Balaban J connectivity index is 2.18. The summed E-state index contributed by atoms with van der Waals surface area (Å²) in [5, 5.41) is 0. The maximum absolute atomic E-state index is 6.06. The molecule has 13 heavy (non-hydrogen) atoms. The van der Waals surface area contributed by atoms with Crippen LogP contribution in [0.1, 0.15) is 11.5 Å². The van der Waals surface area contributed by atoms with E-state index < -0.39 is 0 Å². The van der Waals surface area contributed by atoms with E-state index in [4.69, 9.17) is 5.73 Å². The number of nitrogens with zero attached hydrogens (tertiary/aromatic N) is 1. The zero-order chi connectivity index (χ0) is 9.26. The lowest BCUT2D eigenvalue weighted by Gasteiger charge is -2.13. The van der Waals surface area contributed by atoms with Gasteiger partial charge in [-0.3, -0.25) is 0 Å². The number of hydrogen-bond acceptors (Lipinski definition) is 2. The SMILES string of the molecule is CN1C[C@@H](N)[C@H](c2ccccc2)C1. The first kappa shape index (κ1) is 8.73. The van der Waals surface area contributed by atoms with Crippen molar-refractivity contribution < 1.29 is 0 Å². The summed E-state index contributed by atoms with van der Waals surface area (Å²) in [4.78, 5) is 2.29. The van der Waals surface area contributed by atoms with Gasteiger partial charge in [-0.05, 0) is 12.6 Å². The minimum atomic E-state index is 0.299. The minimum absolute atomic E-state index is 0.299. The Morgan fingerprint density at radius 2 is 1.92 bits per heavy atom. The largest absolute Gasteiger partial charge is 0.326 e. The number of nitrogens with two attached hydrogens (primary N) is 1. The molecule has 1 fully saturated rings. The lowest BCUT2D eigenvalue weighted by molar-refractivity contribution is 0.407. The Morgan fingerprint density at radius 3 is 2.46 bits per heavy atom. The summed E-state index contributed by atoms with van der Waals surface area (Å²) in [5.74, 6) is 0.520. The molecular weight excluding hydrogens is 160 g/mol. The van der Waals surface area contributed by atoms with Crippen LogP contribution in [-0.2, 0) is 0 Å². The highest BCUT2D eigenvalue weighted by atomic mass is 15.1. The number of benzene rings is 1. The summed E-state index contributed by atoms with van der Waals surface area (Å²) in [6.07, 6.45) is 0. The molecule has 0 radical (unpaired) electrons. The fourth-order valence-electron chi connectivity index (χ4n) is 2.09. The van der Waals surface area contributed by atoms with Gasteiger partial charge < -0.3 is 10.6 Å². The summed E-state index contributed by atoms with van der Waals surface area (Å²) < 4.78 is 0. The summed E-state index contributed by atoms with van der Waals surface area (Å²) in [7, 11) is 2.13. The zero-order valence-corrected chi connectivity index (χ0v) is 7.98. The van der Waals surface area contributed by atoms with Gasteiger partial charge in [0.1, 0.15) is 0 Å². The molecule has 1 aliphatic heterocycles. The molecule has 1 saturated heterocycles. The van der Waals surface area contributed by atoms with E-state index >= 15 is 0 Å². The van der Waals surface area contributed by atoms with Gasteiger partial charge >= 0.3 is 0 Å². The predicted molar refractivity (Wildman–Crippen MR) is 54.7 cm³/mol. The van der Waals surface area contributed by atoms with E-state index in [2.05, 4.69) is 36.2 Å². The molecule has 70 valence electrons. The van der Waals surface area contributed by atoms with Crippen molar-refractivity contribution in [3.8, 4) is 0 Å². The summed E-state index contributed by atoms with van der Waals surface area (Å²) in [5.41, 5.74) is 7.43. The van der Waals surface area contributed by atoms with Gasteiger partial charge in [0.25, 0.3) is 0 Å². The Kier molecular flexibility index (Phi) is 2.34. The highest BCUT2D eigenvalue weighted by Crippen LogP contribution is 2.24. The highest BCUT2D eigenvalue weighted by Gasteiger charge is 2.28. The monoisotopic (exact) mass is 176 g/mol. The van der Waals surface area contributed by atoms with E-state index in [9.17, 15) is 0 Å². The van der Waals surface area contributed by atoms with Crippen LogP contribution in [0.4, 0.5) is 0 Å². The van der Waals surface area contributed by atoms with Crippen molar-refractivity contribution in [2.24, 2.45) is 5.73 Å². The second kappa shape index (κ2) is 3.48. The van der Waals surface area contributed by atoms with E-state index in [1.54, 1.807) is 0 Å². The molecule has 0 aliphatic carbocycles. The smallest absolute Gasteiger partial charge is 0.0249 e. The van der Waals surface area contributed by atoms with Crippen LogP contribution in [0.15, 0.2) is 30.3 Å². The molecule has 0 spiro atoms. The van der Waals surface area contributed by atoms with Crippen molar-refractivity contribution in [2.45, 2.75) is 12.0 Å². The van der Waals surface area contributed by atoms with Crippen LogP contribution in [0, 0.1) is 0 Å². The molecule has 2 atom stereocenters. The van der Waals surface area contributed by atoms with E-state index in [0.717, 1.165) is 13.1 Å². The molecule has 0 amide bonds. The van der Waals surface area contributed by atoms with Gasteiger partial charge in [0.15, 0.2) is 0 Å². The Labute approximate surface area is 79.4 Å². The molecule has 1 aliphatic rings. The molecule has 0 saturated carbocycles. The van der Waals surface area contributed by atoms with Crippen molar-refractivity contribution in [2.75, 3.05) is 20.1 Å². The molecule has 2 heteroatoms. The second-order valence-corrected chi connectivity index (χ2v) is 3.90. The summed E-state index contributed by atoms with van der Waals surface area (Å²) >= 11 is 0. The van der Waals surface area contributed by atoms with Crippen molar-refractivity contribution in [1.82, 2.24) is 4.90 Å². The number of rotatable bonds is 1. The van der Waals surface area contributed by atoms with Crippen LogP contribution >= 0.6 is 0 Å². The van der Waals surface area contributed by atoms with Gasteiger partial charge in [-0.2, -0.15) is 0 Å². The standard InChI is InChI=1S/C11H16N2/c1-13-7-10(11(12)8-13)9-5-3-2-4-6-9/h2-6,10-11H,7-8,12H2,1H3/t10-,11+/m0/s1. The minimum Gasteiger partial charge on any atom is -0.326 e. The molecule has 1 aromatic rings. The third-order valence-corrected chi connectivity index (χ3v) is 2.78. The quantitative estimate of drug-likeness (QED) is 0.693. The maximum Gasteiger partial charge on any atom is 0.0249 e. The average molecular weight is 176 g/mol. The second-order valence-electron chi connectivity index (χ2n) is 3.90. The van der Waals surface area contributed by atoms with Gasteiger partial charge in [-0.15, -0.1) is 0 Å². The lowest BCUT2D eigenvalue weighted by Crippen LogP contribution is -2.27. The normalized spacial score (nSPS) is 29.4. The van der Waals surface area contributed by atoms with Gasteiger partial charge in [-0.1, -0.05) is 30.3 Å². The lowest BCUT2D eigenvalue weighted by atomic mass is 9.95. The third kappa shape index (κ3) is 1.74. The summed E-state index contributed by atoms with van der Waals surface area (Å²) in [6, 6.07) is 10.9. The molecular formula is C11H16N2. The molecule has 1 aromatic carbocycles. The molecule has 1 heterocycles. The van der Waals surface area contributed by atoms with Crippen LogP contribution in [0.25, 0.3) is 0 Å². The molecule has 2 N–H and O–H groups in total. The van der Waals surface area contributed by atoms with Crippen LogP contribution in [0.2, 0.25) is 0 Å². The van der Waals surface area contributed by atoms with Crippen LogP contribution < -0.4 is 5.73 Å². The third-order valence-electron chi connectivity index (χ3n) is 2.78. The predicted octanol–water partition coefficient (Wildman–Crippen LogP) is 1.04. The summed E-state index contributed by atoms with van der Waals surface area (Å²) in [6.45, 7) is 2.10. The van der Waals surface area contributed by atoms with E-state index in [-0.39, 0.29) is 0 Å². The molecule has 2 nitrogen and oxygen atoms in total. The first-order valence-corrected chi connectivity index (χ1v) is 4.76. The van der Waals surface area contributed by atoms with Crippen LogP contribution in [-0.4, -0.2) is 31.1 Å². The van der Waals surface area contributed by atoms with Gasteiger partial charge in [-0.25, -0.2) is 0 Å². The van der Waals surface area contributed by atoms with Crippen molar-refractivity contribution in [3.05, 3.63) is 35.9 Å². The number of likely N-dealkylation sites (N-methyl/N-ethyl adjacent to an activating group) is 1. The van der Waals surface area contributed by atoms with E-state index in [0.29, 0.717) is 12.0 Å². The average Bonchev–Trinajstić information content (AvgIpc) is 2.47. The first-order valence-electron chi connectivity index (χ1n) is 4.76. The molecule has 2 rings (SSSR count). The van der Waals surface area contributed by atoms with Crippen molar-refractivity contribution in [3.63, 3.8) is 0 Å². The molecule has 0 unspecified atom stereocenters. The first-order chi connectivity index (χ1) is 6.27. The Hall–Kier alpha value is -0.860. The van der Waals surface area contributed by atoms with Gasteiger partial charge in [0.2, 0.25) is 0 Å². The van der Waals surface area contributed by atoms with Gasteiger partial charge in [0, 0.05) is 25.0 Å². The highest BCUT2D eigenvalue weighted by molar-refractivity contribution is 5.23. The number of hydrogen-bond donors (Lipinski definition) is 1. The van der Waals surface area contributed by atoms with Crippen molar-refractivity contribution >= 4 is 0 Å². The fourth-order valence-corrected chi connectivity index (χ4v) is 2.09. The van der Waals surface area contributed by atoms with Crippen LogP contribution in [0.5, 0.6) is 0 Å². The number of likely N-dealkylation sites (tertiary alicyclic amines) is 1. The fraction of sp³-hybridized carbons (Fsp3) is 0.455. The van der Waals surface area contributed by atoms with Crippen LogP contribution in [0.3, 0.4) is 0 Å². The van der Waals surface area contributed by atoms with E-state index in [1.165, 1.54) is 5.56 Å². The maximum atomic E-state index is 6.06. The molecule has 0 bridgehead atoms. The van der Waals surface area contributed by atoms with E-state index in [1.807, 2.05) is 6.07 Å². The molecule has 0 aromatic heterocycles.